The molecule has 0 aliphatic carbocycles. The highest BCUT2D eigenvalue weighted by Crippen LogP contribution is 2.19. The molecule has 7 nitrogen and oxygen atoms in total. The quantitative estimate of drug-likeness (QED) is 0.860. The van der Waals surface area contributed by atoms with Crippen LogP contribution in [0, 0.1) is 0 Å². The Kier molecular flexibility index (Phi) is 4.92. The van der Waals surface area contributed by atoms with Crippen LogP contribution in [-0.4, -0.2) is 58.2 Å². The molecule has 0 spiro atoms. The lowest BCUT2D eigenvalue weighted by atomic mass is 10.0. The second-order valence-electron chi connectivity index (χ2n) is 6.16. The van der Waals surface area contributed by atoms with Crippen molar-refractivity contribution in [2.45, 2.75) is 51.6 Å². The zero-order chi connectivity index (χ0) is 15.4. The molecule has 2 saturated heterocycles. The van der Waals surface area contributed by atoms with Crippen LogP contribution in [0.3, 0.4) is 0 Å². The number of unbranched alkanes of at least 4 members (excludes halogenated alkanes) is 1. The molecule has 3 rings (SSSR count). The van der Waals surface area contributed by atoms with E-state index < -0.39 is 0 Å². The maximum atomic E-state index is 11.8. The third kappa shape index (κ3) is 3.58. The number of carbonyl (C=O) groups excluding carboxylic acids is 1. The first-order chi connectivity index (χ1) is 10.8. The molecule has 2 aliphatic rings. The van der Waals surface area contributed by atoms with E-state index in [1.54, 1.807) is 0 Å². The monoisotopic (exact) mass is 307 g/mol. The average molecular weight is 307 g/mol. The van der Waals surface area contributed by atoms with Crippen molar-refractivity contribution in [2.75, 3.05) is 26.2 Å². The largest absolute Gasteiger partial charge is 0.339 e. The third-order valence-electron chi connectivity index (χ3n) is 4.43. The zero-order valence-corrected chi connectivity index (χ0v) is 13.3. The van der Waals surface area contributed by atoms with Crippen molar-refractivity contribution in [1.82, 2.24) is 25.3 Å². The number of aromatic nitrogens is 2. The summed E-state index contributed by atoms with van der Waals surface area (Å²) in [6.07, 6.45) is 5.26. The van der Waals surface area contributed by atoms with Gasteiger partial charge in [-0.3, -0.25) is 4.90 Å². The molecule has 0 bridgehead atoms. The number of rotatable bonds is 6. The topological polar surface area (TPSA) is 74.5 Å². The van der Waals surface area contributed by atoms with E-state index in [2.05, 4.69) is 27.3 Å². The van der Waals surface area contributed by atoms with E-state index in [4.69, 9.17) is 4.52 Å². The summed E-state index contributed by atoms with van der Waals surface area (Å²) in [6, 6.07) is 0.385. The smallest absolute Gasteiger partial charge is 0.317 e. The Morgan fingerprint density at radius 2 is 2.32 bits per heavy atom. The minimum atomic E-state index is 0.0771. The first-order valence-electron chi connectivity index (χ1n) is 8.34. The minimum Gasteiger partial charge on any atom is -0.339 e. The molecule has 22 heavy (non-hydrogen) atoms. The van der Waals surface area contributed by atoms with Crippen molar-refractivity contribution in [3.63, 3.8) is 0 Å². The molecule has 1 aromatic rings. The van der Waals surface area contributed by atoms with E-state index in [-0.39, 0.29) is 6.03 Å². The van der Waals surface area contributed by atoms with Gasteiger partial charge in [-0.05, 0) is 25.8 Å². The Morgan fingerprint density at radius 3 is 3.09 bits per heavy atom. The van der Waals surface area contributed by atoms with Crippen LogP contribution in [-0.2, 0) is 13.0 Å². The van der Waals surface area contributed by atoms with Gasteiger partial charge in [0.05, 0.1) is 6.54 Å². The van der Waals surface area contributed by atoms with Gasteiger partial charge in [0, 0.05) is 32.1 Å². The molecule has 2 aliphatic heterocycles. The van der Waals surface area contributed by atoms with Crippen molar-refractivity contribution in [3.05, 3.63) is 11.7 Å². The molecule has 0 unspecified atom stereocenters. The van der Waals surface area contributed by atoms with Gasteiger partial charge in [-0.1, -0.05) is 18.5 Å². The van der Waals surface area contributed by atoms with Gasteiger partial charge in [0.2, 0.25) is 5.89 Å². The Hall–Kier alpha value is -1.63. The van der Waals surface area contributed by atoms with Crippen LogP contribution in [0.4, 0.5) is 4.79 Å². The Morgan fingerprint density at radius 1 is 1.41 bits per heavy atom. The second-order valence-corrected chi connectivity index (χ2v) is 6.16. The summed E-state index contributed by atoms with van der Waals surface area (Å²) in [5.74, 6) is 1.50. The fourth-order valence-corrected chi connectivity index (χ4v) is 3.25. The number of urea groups is 1. The summed E-state index contributed by atoms with van der Waals surface area (Å²) in [6.45, 7) is 6.37. The molecule has 0 aromatic carbocycles. The lowest BCUT2D eigenvalue weighted by molar-refractivity contribution is 0.119. The minimum absolute atomic E-state index is 0.0771. The lowest BCUT2D eigenvalue weighted by Gasteiger charge is -2.36. The Bertz CT molecular complexity index is 504. The van der Waals surface area contributed by atoms with E-state index >= 15 is 0 Å². The normalized spacial score (nSPS) is 23.0. The van der Waals surface area contributed by atoms with E-state index in [1.807, 2.05) is 4.90 Å². The summed E-state index contributed by atoms with van der Waals surface area (Å²) in [5, 5.41) is 6.96. The maximum Gasteiger partial charge on any atom is 0.317 e. The van der Waals surface area contributed by atoms with Crippen LogP contribution < -0.4 is 5.32 Å². The van der Waals surface area contributed by atoms with Gasteiger partial charge in [0.25, 0.3) is 0 Å². The summed E-state index contributed by atoms with van der Waals surface area (Å²) >= 11 is 0. The molecule has 0 saturated carbocycles. The molecular weight excluding hydrogens is 282 g/mol. The lowest BCUT2D eigenvalue weighted by Crippen LogP contribution is -2.48. The second kappa shape index (κ2) is 7.09. The molecule has 2 fully saturated rings. The SMILES string of the molecule is CCCCc1nc(CN2CCC[C@@H](N3CCNC3=O)C2)no1. The van der Waals surface area contributed by atoms with Crippen LogP contribution >= 0.6 is 0 Å². The molecule has 7 heteroatoms. The van der Waals surface area contributed by atoms with Crippen LogP contribution in [0.15, 0.2) is 4.52 Å². The van der Waals surface area contributed by atoms with Crippen molar-refractivity contribution in [3.8, 4) is 0 Å². The molecule has 1 aromatic heterocycles. The van der Waals surface area contributed by atoms with E-state index in [9.17, 15) is 4.79 Å². The van der Waals surface area contributed by atoms with E-state index in [0.717, 1.165) is 70.0 Å². The van der Waals surface area contributed by atoms with Gasteiger partial charge in [-0.15, -0.1) is 0 Å². The van der Waals surface area contributed by atoms with E-state index in [0.29, 0.717) is 12.6 Å². The molecule has 1 N–H and O–H groups in total. The van der Waals surface area contributed by atoms with Crippen molar-refractivity contribution in [2.24, 2.45) is 0 Å². The van der Waals surface area contributed by atoms with Gasteiger partial charge in [0.15, 0.2) is 5.82 Å². The standard InChI is InChI=1S/C15H25N5O2/c1-2-3-6-14-17-13(18-22-14)11-19-8-4-5-12(10-19)20-9-7-16-15(20)21/h12H,2-11H2,1H3,(H,16,21)/t12-/m1/s1. The van der Waals surface area contributed by atoms with Gasteiger partial charge in [0.1, 0.15) is 0 Å². The average Bonchev–Trinajstić information content (AvgIpc) is 3.14. The summed E-state index contributed by atoms with van der Waals surface area (Å²) in [5.41, 5.74) is 0. The number of amides is 2. The van der Waals surface area contributed by atoms with Crippen LogP contribution in [0.1, 0.15) is 44.3 Å². The van der Waals surface area contributed by atoms with Gasteiger partial charge < -0.3 is 14.7 Å². The number of hydrogen-bond donors (Lipinski definition) is 1. The number of piperidine rings is 1. The number of carbonyl (C=O) groups is 1. The van der Waals surface area contributed by atoms with Crippen molar-refractivity contribution >= 4 is 6.03 Å². The summed E-state index contributed by atoms with van der Waals surface area (Å²) < 4.78 is 5.29. The molecule has 122 valence electrons. The fourth-order valence-electron chi connectivity index (χ4n) is 3.25. The van der Waals surface area contributed by atoms with Gasteiger partial charge in [-0.2, -0.15) is 4.98 Å². The highest BCUT2D eigenvalue weighted by Gasteiger charge is 2.31. The van der Waals surface area contributed by atoms with Crippen molar-refractivity contribution < 1.29 is 9.32 Å². The number of hydrogen-bond acceptors (Lipinski definition) is 5. The first-order valence-corrected chi connectivity index (χ1v) is 8.34. The van der Waals surface area contributed by atoms with Crippen molar-refractivity contribution in [1.29, 1.82) is 0 Å². The van der Waals surface area contributed by atoms with Crippen LogP contribution in [0.2, 0.25) is 0 Å². The van der Waals surface area contributed by atoms with Gasteiger partial charge >= 0.3 is 6.03 Å². The van der Waals surface area contributed by atoms with Crippen LogP contribution in [0.25, 0.3) is 0 Å². The number of nitrogens with one attached hydrogen (secondary N) is 1. The highest BCUT2D eigenvalue weighted by atomic mass is 16.5. The maximum absolute atomic E-state index is 11.8. The fraction of sp³-hybridized carbons (Fsp3) is 0.800. The number of aryl methyl sites for hydroxylation is 1. The first kappa shape index (κ1) is 15.3. The molecule has 3 heterocycles. The Balaban J connectivity index is 1.53. The predicted octanol–water partition coefficient (Wildman–Crippen LogP) is 1.40. The van der Waals surface area contributed by atoms with Gasteiger partial charge in [-0.25, -0.2) is 4.79 Å². The molecule has 1 atom stereocenters. The number of nitrogens with zero attached hydrogens (tertiary/aromatic N) is 4. The predicted molar refractivity (Wildman–Crippen MR) is 81.3 cm³/mol. The number of likely N-dealkylation sites (tertiary alicyclic amines) is 1. The van der Waals surface area contributed by atoms with E-state index in [1.165, 1.54) is 0 Å². The highest BCUT2D eigenvalue weighted by molar-refractivity contribution is 5.76. The third-order valence-corrected chi connectivity index (χ3v) is 4.43. The zero-order valence-electron chi connectivity index (χ0n) is 13.3. The molecule has 0 radical (unpaired) electrons. The van der Waals surface area contributed by atoms with Crippen LogP contribution in [0.5, 0.6) is 0 Å². The summed E-state index contributed by atoms with van der Waals surface area (Å²) in [4.78, 5) is 20.6. The molecular formula is C15H25N5O2. The Labute approximate surface area is 131 Å². The molecule has 2 amide bonds. The summed E-state index contributed by atoms with van der Waals surface area (Å²) in [7, 11) is 0.